The number of aromatic amines is 1. The van der Waals surface area contributed by atoms with E-state index < -0.39 is 0 Å². The molecule has 0 spiro atoms. The van der Waals surface area contributed by atoms with E-state index in [1.54, 1.807) is 6.33 Å². The van der Waals surface area contributed by atoms with Crippen molar-refractivity contribution < 1.29 is 0 Å². The minimum absolute atomic E-state index is 0.750. The first-order chi connectivity index (χ1) is 9.38. The van der Waals surface area contributed by atoms with Crippen LogP contribution in [0.2, 0.25) is 0 Å². The number of aromatic nitrogens is 3. The molecule has 0 atom stereocenters. The van der Waals surface area contributed by atoms with Crippen molar-refractivity contribution in [2.24, 2.45) is 0 Å². The Morgan fingerprint density at radius 2 is 2.00 bits per heavy atom. The number of rotatable bonds is 8. The largest absolute Gasteiger partial charge is 0.370 e. The van der Waals surface area contributed by atoms with Gasteiger partial charge in [0.05, 0.1) is 0 Å². The summed E-state index contributed by atoms with van der Waals surface area (Å²) in [5, 5.41) is 9.65. The molecule has 0 aliphatic heterocycles. The summed E-state index contributed by atoms with van der Waals surface area (Å²) in [6.45, 7) is 2.64. The van der Waals surface area contributed by atoms with Gasteiger partial charge >= 0.3 is 0 Å². The Morgan fingerprint density at radius 1 is 1.16 bits per heavy atom. The average Bonchev–Trinajstić information content (AvgIpc) is 2.95. The summed E-state index contributed by atoms with van der Waals surface area (Å²) in [4.78, 5) is 11.4. The highest BCUT2D eigenvalue weighted by atomic mass is 15.1. The minimum Gasteiger partial charge on any atom is -0.370 e. The topological polar surface area (TPSA) is 77.7 Å². The number of nitrogens with zero attached hydrogens (tertiary/aromatic N) is 2. The van der Waals surface area contributed by atoms with Crippen LogP contribution in [0.15, 0.2) is 30.9 Å². The molecule has 102 valence electrons. The lowest BCUT2D eigenvalue weighted by molar-refractivity contribution is 0.746. The molecule has 0 bridgehead atoms. The highest BCUT2D eigenvalue weighted by Gasteiger charge is 1.99. The highest BCUT2D eigenvalue weighted by molar-refractivity contribution is 5.46. The van der Waals surface area contributed by atoms with Gasteiger partial charge in [-0.1, -0.05) is 0 Å². The normalized spacial score (nSPS) is 10.4. The molecule has 0 saturated carbocycles. The van der Waals surface area contributed by atoms with Gasteiger partial charge in [0.15, 0.2) is 0 Å². The molecule has 0 aliphatic rings. The maximum absolute atomic E-state index is 4.20. The van der Waals surface area contributed by atoms with Crippen LogP contribution in [0, 0.1) is 0 Å². The molecule has 0 radical (unpaired) electrons. The zero-order chi connectivity index (χ0) is 13.3. The number of anilines is 2. The Labute approximate surface area is 113 Å². The van der Waals surface area contributed by atoms with Gasteiger partial charge in [-0.25, -0.2) is 9.97 Å². The van der Waals surface area contributed by atoms with Crippen molar-refractivity contribution >= 4 is 11.6 Å². The molecule has 2 rings (SSSR count). The first-order valence-electron chi connectivity index (χ1n) is 6.44. The Hall–Kier alpha value is -2.08. The van der Waals surface area contributed by atoms with Crippen LogP contribution in [0.5, 0.6) is 0 Å². The van der Waals surface area contributed by atoms with Gasteiger partial charge in [-0.3, -0.25) is 0 Å². The number of H-pyrrole nitrogens is 1. The number of hydrogen-bond donors (Lipinski definition) is 4. The van der Waals surface area contributed by atoms with Crippen LogP contribution in [-0.2, 0) is 6.54 Å². The molecular formula is C13H20N6. The maximum atomic E-state index is 4.20. The van der Waals surface area contributed by atoms with E-state index >= 15 is 0 Å². The highest BCUT2D eigenvalue weighted by Crippen LogP contribution is 2.10. The molecule has 0 amide bonds. The predicted molar refractivity (Wildman–Crippen MR) is 77.2 cm³/mol. The molecule has 4 N–H and O–H groups in total. The van der Waals surface area contributed by atoms with Gasteiger partial charge in [0, 0.05) is 31.5 Å². The molecule has 6 heteroatoms. The van der Waals surface area contributed by atoms with Gasteiger partial charge < -0.3 is 20.9 Å². The summed E-state index contributed by atoms with van der Waals surface area (Å²) in [5.74, 6) is 1.68. The molecule has 19 heavy (non-hydrogen) atoms. The summed E-state index contributed by atoms with van der Waals surface area (Å²) in [6, 6.07) is 3.96. The summed E-state index contributed by atoms with van der Waals surface area (Å²) in [5.41, 5.74) is 1.20. The first kappa shape index (κ1) is 13.4. The van der Waals surface area contributed by atoms with Crippen molar-refractivity contribution in [3.8, 4) is 0 Å². The second-order valence-electron chi connectivity index (χ2n) is 4.25. The fraction of sp³-hybridized carbons (Fsp3) is 0.385. The van der Waals surface area contributed by atoms with Crippen LogP contribution in [0.25, 0.3) is 0 Å². The van der Waals surface area contributed by atoms with E-state index in [9.17, 15) is 0 Å². The zero-order valence-corrected chi connectivity index (χ0v) is 11.1. The third-order valence-electron chi connectivity index (χ3n) is 2.71. The number of hydrogen-bond acceptors (Lipinski definition) is 5. The molecule has 0 aromatic carbocycles. The molecule has 2 aromatic rings. The Balaban J connectivity index is 1.81. The van der Waals surface area contributed by atoms with Crippen molar-refractivity contribution in [1.82, 2.24) is 20.3 Å². The molecule has 6 nitrogen and oxygen atoms in total. The molecule has 0 aliphatic carbocycles. The van der Waals surface area contributed by atoms with Crippen molar-refractivity contribution in [3.05, 3.63) is 36.4 Å². The summed E-state index contributed by atoms with van der Waals surface area (Å²) >= 11 is 0. The maximum Gasteiger partial charge on any atom is 0.131 e. The van der Waals surface area contributed by atoms with Gasteiger partial charge in [0.1, 0.15) is 18.0 Å². The Kier molecular flexibility index (Phi) is 5.18. The van der Waals surface area contributed by atoms with Crippen LogP contribution >= 0.6 is 0 Å². The quantitative estimate of drug-likeness (QED) is 0.540. The van der Waals surface area contributed by atoms with Crippen molar-refractivity contribution in [2.75, 3.05) is 30.8 Å². The fourth-order valence-corrected chi connectivity index (χ4v) is 1.69. The lowest BCUT2D eigenvalue weighted by Crippen LogP contribution is -2.13. The average molecular weight is 260 g/mol. The first-order valence-corrected chi connectivity index (χ1v) is 6.44. The zero-order valence-electron chi connectivity index (χ0n) is 11.1. The van der Waals surface area contributed by atoms with E-state index in [0.717, 1.165) is 37.7 Å². The summed E-state index contributed by atoms with van der Waals surface area (Å²) in [7, 11) is 1.95. The van der Waals surface area contributed by atoms with E-state index in [1.165, 1.54) is 5.56 Å². The third-order valence-corrected chi connectivity index (χ3v) is 2.71. The monoisotopic (exact) mass is 260 g/mol. The van der Waals surface area contributed by atoms with E-state index in [1.807, 2.05) is 31.6 Å². The molecule has 0 unspecified atom stereocenters. The van der Waals surface area contributed by atoms with Crippen molar-refractivity contribution in [3.63, 3.8) is 0 Å². The van der Waals surface area contributed by atoms with Crippen molar-refractivity contribution in [2.45, 2.75) is 13.0 Å². The fourth-order valence-electron chi connectivity index (χ4n) is 1.69. The second kappa shape index (κ2) is 7.38. The van der Waals surface area contributed by atoms with Gasteiger partial charge in [0.25, 0.3) is 0 Å². The van der Waals surface area contributed by atoms with Crippen LogP contribution in [0.4, 0.5) is 11.6 Å². The summed E-state index contributed by atoms with van der Waals surface area (Å²) in [6.07, 6.45) is 6.50. The second-order valence-corrected chi connectivity index (χ2v) is 4.25. The third kappa shape index (κ3) is 4.59. The lowest BCUT2D eigenvalue weighted by Gasteiger charge is -2.08. The van der Waals surface area contributed by atoms with Crippen molar-refractivity contribution in [1.29, 1.82) is 0 Å². The van der Waals surface area contributed by atoms with Crippen LogP contribution < -0.4 is 16.0 Å². The van der Waals surface area contributed by atoms with E-state index in [2.05, 4.69) is 30.9 Å². The van der Waals surface area contributed by atoms with Crippen LogP contribution in [0.3, 0.4) is 0 Å². The molecule has 2 heterocycles. The summed E-state index contributed by atoms with van der Waals surface area (Å²) < 4.78 is 0. The predicted octanol–water partition coefficient (Wildman–Crippen LogP) is 1.44. The van der Waals surface area contributed by atoms with E-state index in [0.29, 0.717) is 0 Å². The van der Waals surface area contributed by atoms with Gasteiger partial charge in [-0.15, -0.1) is 0 Å². The van der Waals surface area contributed by atoms with Gasteiger partial charge in [-0.2, -0.15) is 0 Å². The molecule has 2 aromatic heterocycles. The Bertz CT molecular complexity index is 468. The molecule has 0 saturated heterocycles. The Morgan fingerprint density at radius 3 is 2.74 bits per heavy atom. The van der Waals surface area contributed by atoms with E-state index in [-0.39, 0.29) is 0 Å². The number of nitrogens with one attached hydrogen (secondary N) is 4. The minimum atomic E-state index is 0.750. The standard InChI is InChI=1S/C13H20N6/c1-14-4-2-5-16-12-7-13(19-10-18-12)17-9-11-3-6-15-8-11/h3,6-8,10,14-15H,2,4-5,9H2,1H3,(H2,16,17,18,19). The lowest BCUT2D eigenvalue weighted by atomic mass is 10.3. The molecule has 0 fully saturated rings. The molecular weight excluding hydrogens is 240 g/mol. The van der Waals surface area contributed by atoms with Crippen LogP contribution in [-0.4, -0.2) is 35.1 Å². The van der Waals surface area contributed by atoms with Crippen LogP contribution in [0.1, 0.15) is 12.0 Å². The smallest absolute Gasteiger partial charge is 0.131 e. The van der Waals surface area contributed by atoms with E-state index in [4.69, 9.17) is 0 Å². The van der Waals surface area contributed by atoms with Gasteiger partial charge in [-0.05, 0) is 31.6 Å². The van der Waals surface area contributed by atoms with Gasteiger partial charge in [0.2, 0.25) is 0 Å². The SMILES string of the molecule is CNCCCNc1cc(NCc2cc[nH]c2)ncn1.